The number of morpholine rings is 1. The van der Waals surface area contributed by atoms with Gasteiger partial charge in [0.05, 0.1) is 25.0 Å². The summed E-state index contributed by atoms with van der Waals surface area (Å²) in [6, 6.07) is 11.4. The van der Waals surface area contributed by atoms with Gasteiger partial charge in [-0.15, -0.1) is 0 Å². The molecule has 5 heterocycles. The third kappa shape index (κ3) is 5.87. The Kier molecular flexibility index (Phi) is 7.93. The van der Waals surface area contributed by atoms with Crippen LogP contribution < -0.4 is 22.2 Å². The van der Waals surface area contributed by atoms with Crippen molar-refractivity contribution < 1.29 is 9.53 Å². The van der Waals surface area contributed by atoms with E-state index in [-0.39, 0.29) is 11.9 Å². The highest BCUT2D eigenvalue weighted by atomic mass is 16.5. The average molecular weight is 572 g/mol. The minimum Gasteiger partial charge on any atom is -0.383 e. The summed E-state index contributed by atoms with van der Waals surface area (Å²) in [5.41, 5.74) is 19.9. The molecule has 3 aromatic rings. The van der Waals surface area contributed by atoms with Gasteiger partial charge in [-0.25, -0.2) is 4.98 Å². The molecule has 42 heavy (non-hydrogen) atoms. The number of guanidine groups is 1. The Morgan fingerprint density at radius 2 is 1.95 bits per heavy atom. The van der Waals surface area contributed by atoms with Gasteiger partial charge >= 0.3 is 0 Å². The molecule has 1 atom stereocenters. The first kappa shape index (κ1) is 27.5. The quantitative estimate of drug-likeness (QED) is 0.251. The lowest BCUT2D eigenvalue weighted by atomic mass is 10.1. The second kappa shape index (κ2) is 12.1. The van der Waals surface area contributed by atoms with E-state index in [4.69, 9.17) is 26.2 Å². The van der Waals surface area contributed by atoms with E-state index in [1.54, 1.807) is 6.20 Å². The van der Waals surface area contributed by atoms with Crippen molar-refractivity contribution in [1.82, 2.24) is 29.6 Å². The number of anilines is 1. The summed E-state index contributed by atoms with van der Waals surface area (Å²) in [5.74, 6) is 1.89. The lowest BCUT2D eigenvalue weighted by Crippen LogP contribution is -2.54. The number of imidazole rings is 1. The van der Waals surface area contributed by atoms with Gasteiger partial charge in [-0.2, -0.15) is 4.99 Å². The highest BCUT2D eigenvalue weighted by Gasteiger charge is 2.27. The van der Waals surface area contributed by atoms with Crippen molar-refractivity contribution in [2.75, 3.05) is 58.3 Å². The molecule has 2 aromatic heterocycles. The first-order chi connectivity index (χ1) is 20.5. The number of hydrazine groups is 1. The van der Waals surface area contributed by atoms with Crippen LogP contribution in [0.4, 0.5) is 5.69 Å². The molecule has 2 saturated heterocycles. The number of carbonyl (C=O) groups excluding carboxylic acids is 1. The summed E-state index contributed by atoms with van der Waals surface area (Å²) in [7, 11) is 1.92. The Balaban J connectivity index is 1.16. The Labute approximate surface area is 244 Å². The number of nitrogens with zero attached hydrogens (tertiary/aromatic N) is 7. The third-order valence-corrected chi connectivity index (χ3v) is 7.76. The van der Waals surface area contributed by atoms with Crippen molar-refractivity contribution in [2.45, 2.75) is 18.9 Å². The fraction of sp³-hybridized carbons (Fsp3) is 0.379. The Morgan fingerprint density at radius 3 is 2.74 bits per heavy atom. The van der Waals surface area contributed by atoms with Crippen LogP contribution in [-0.4, -0.2) is 101 Å². The number of benzene rings is 1. The number of pyridine rings is 1. The number of carbonyl (C=O) groups is 1. The largest absolute Gasteiger partial charge is 0.383 e. The zero-order valence-electron chi connectivity index (χ0n) is 23.7. The summed E-state index contributed by atoms with van der Waals surface area (Å²) in [4.78, 5) is 31.0. The number of nitrogens with one attached hydrogen (secondary N) is 2. The minimum absolute atomic E-state index is 0.0126. The van der Waals surface area contributed by atoms with Crippen molar-refractivity contribution in [2.24, 2.45) is 21.5 Å². The normalized spacial score (nSPS) is 20.0. The second-order valence-corrected chi connectivity index (χ2v) is 10.6. The molecule has 3 aliphatic rings. The van der Waals surface area contributed by atoms with Crippen LogP contribution in [0.25, 0.3) is 5.65 Å². The van der Waals surface area contributed by atoms with Gasteiger partial charge in [0.2, 0.25) is 5.96 Å². The number of amidine groups is 1. The minimum atomic E-state index is 0.0126. The predicted octanol–water partition coefficient (Wildman–Crippen LogP) is 1.02. The summed E-state index contributed by atoms with van der Waals surface area (Å²) in [6.45, 7) is 4.18. The van der Waals surface area contributed by atoms with E-state index in [0.29, 0.717) is 62.6 Å². The van der Waals surface area contributed by atoms with Crippen LogP contribution in [0.2, 0.25) is 0 Å². The van der Waals surface area contributed by atoms with Crippen LogP contribution in [0.5, 0.6) is 0 Å². The molecule has 0 spiro atoms. The van der Waals surface area contributed by atoms with Gasteiger partial charge in [-0.05, 0) is 49.2 Å². The number of ether oxygens (including phenoxy) is 1. The van der Waals surface area contributed by atoms with Gasteiger partial charge in [0.15, 0.2) is 5.82 Å². The summed E-state index contributed by atoms with van der Waals surface area (Å²) < 4.78 is 7.30. The number of amides is 1. The van der Waals surface area contributed by atoms with Crippen molar-refractivity contribution in [3.63, 3.8) is 0 Å². The molecular formula is C29H37N11O2. The predicted molar refractivity (Wildman–Crippen MR) is 162 cm³/mol. The monoisotopic (exact) mass is 571 g/mol. The highest BCUT2D eigenvalue weighted by Crippen LogP contribution is 2.22. The lowest BCUT2D eigenvalue weighted by Gasteiger charge is -2.38. The van der Waals surface area contributed by atoms with E-state index in [1.807, 2.05) is 70.1 Å². The summed E-state index contributed by atoms with van der Waals surface area (Å²) in [5, 5.41) is 5.30. The molecule has 2 fully saturated rings. The van der Waals surface area contributed by atoms with Crippen LogP contribution in [-0.2, 0) is 4.74 Å². The van der Waals surface area contributed by atoms with Gasteiger partial charge in [-0.3, -0.25) is 20.2 Å². The maximum absolute atomic E-state index is 12.8. The standard InChI is InChI=1S/C29H37N11O2/c1-37-24(18-30)27(34-22-6-4-20(5-7-22)28(41)39-13-15-42-16-14-39)35-29(36-37)40-10-2-3-23(19-40)33-26(31)21-8-11-38-12-9-32-25(38)17-21/h4-9,11-12,17,23,34H,2-3,10,13-16,18-19,30H2,1H3,(H2,31,33)(H,35,36)/t23-/m1/s1. The molecule has 1 aromatic carbocycles. The highest BCUT2D eigenvalue weighted by molar-refractivity contribution is 5.98. The molecule has 13 nitrogen and oxygen atoms in total. The zero-order chi connectivity index (χ0) is 29.1. The van der Waals surface area contributed by atoms with Gasteiger partial charge in [0, 0.05) is 75.2 Å². The number of rotatable bonds is 6. The van der Waals surface area contributed by atoms with Crippen LogP contribution in [0.15, 0.2) is 76.5 Å². The zero-order valence-corrected chi connectivity index (χ0v) is 23.7. The Morgan fingerprint density at radius 1 is 1.14 bits per heavy atom. The Bertz CT molecular complexity index is 1520. The van der Waals surface area contributed by atoms with E-state index >= 15 is 0 Å². The van der Waals surface area contributed by atoms with Crippen LogP contribution >= 0.6 is 0 Å². The van der Waals surface area contributed by atoms with Crippen molar-refractivity contribution in [3.05, 3.63) is 77.6 Å². The maximum atomic E-state index is 12.8. The topological polar surface area (TPSA) is 154 Å². The van der Waals surface area contributed by atoms with Crippen LogP contribution in [0, 0.1) is 0 Å². The average Bonchev–Trinajstić information content (AvgIpc) is 3.50. The van der Waals surface area contributed by atoms with Crippen molar-refractivity contribution >= 4 is 29.0 Å². The third-order valence-electron chi connectivity index (χ3n) is 7.76. The van der Waals surface area contributed by atoms with Crippen LogP contribution in [0.1, 0.15) is 28.8 Å². The molecule has 220 valence electrons. The number of likely N-dealkylation sites (N-methyl/N-ethyl adjacent to an activating group) is 1. The van der Waals surface area contributed by atoms with E-state index in [9.17, 15) is 4.79 Å². The molecule has 0 saturated carbocycles. The molecule has 3 aliphatic heterocycles. The first-order valence-electron chi connectivity index (χ1n) is 14.3. The van der Waals surface area contributed by atoms with E-state index < -0.39 is 0 Å². The number of nitrogens with two attached hydrogens (primary N) is 2. The summed E-state index contributed by atoms with van der Waals surface area (Å²) in [6.07, 6.45) is 7.50. The fourth-order valence-electron chi connectivity index (χ4n) is 5.42. The lowest BCUT2D eigenvalue weighted by molar-refractivity contribution is 0.0303. The van der Waals surface area contributed by atoms with Crippen LogP contribution in [0.3, 0.4) is 0 Å². The van der Waals surface area contributed by atoms with Gasteiger partial charge < -0.3 is 35.7 Å². The van der Waals surface area contributed by atoms with E-state index in [0.717, 1.165) is 42.0 Å². The van der Waals surface area contributed by atoms with E-state index in [1.165, 1.54) is 0 Å². The number of likely N-dealkylation sites (tertiary alicyclic amines) is 1. The van der Waals surface area contributed by atoms with E-state index in [2.05, 4.69) is 20.6 Å². The number of piperidine rings is 1. The molecular weight excluding hydrogens is 534 g/mol. The van der Waals surface area contributed by atoms with Gasteiger partial charge in [0.25, 0.3) is 5.91 Å². The number of hydrogen-bond acceptors (Lipinski definition) is 10. The van der Waals surface area contributed by atoms with Crippen molar-refractivity contribution in [1.29, 1.82) is 0 Å². The van der Waals surface area contributed by atoms with Gasteiger partial charge in [0.1, 0.15) is 11.5 Å². The first-order valence-corrected chi connectivity index (χ1v) is 14.3. The maximum Gasteiger partial charge on any atom is 0.254 e. The van der Waals surface area contributed by atoms with Gasteiger partial charge in [-0.1, -0.05) is 0 Å². The fourth-order valence-corrected chi connectivity index (χ4v) is 5.42. The summed E-state index contributed by atoms with van der Waals surface area (Å²) >= 11 is 0. The molecule has 0 unspecified atom stereocenters. The number of aliphatic imine (C=N–C) groups is 2. The number of hydrogen-bond donors (Lipinski definition) is 4. The van der Waals surface area contributed by atoms with Crippen molar-refractivity contribution in [3.8, 4) is 0 Å². The smallest absolute Gasteiger partial charge is 0.254 e. The number of fused-ring (bicyclic) bond motifs is 1. The molecule has 6 N–H and O–H groups in total. The molecule has 0 aliphatic carbocycles. The SMILES string of the molecule is CN1NC(N2CCC[C@@H](N=C(N)c3ccn4ccnc4c3)C2)=NC(Nc2ccc(C(=O)N3CCOCC3)cc2)=C1CN. The second-order valence-electron chi connectivity index (χ2n) is 10.6. The Hall–Kier alpha value is -4.62. The number of aromatic nitrogens is 2. The molecule has 0 bridgehead atoms. The molecule has 0 radical (unpaired) electrons. The molecule has 6 rings (SSSR count). The molecule has 13 heteroatoms. The molecule has 1 amide bonds.